The predicted molar refractivity (Wildman–Crippen MR) is 54.9 cm³/mol. The normalized spacial score (nSPS) is 10.9. The van der Waals surface area contributed by atoms with Crippen molar-refractivity contribution in [2.75, 3.05) is 18.5 Å². The van der Waals surface area contributed by atoms with Crippen molar-refractivity contribution < 1.29 is 17.9 Å². The first-order valence-corrected chi connectivity index (χ1v) is 4.52. The fourth-order valence-electron chi connectivity index (χ4n) is 1.08. The second kappa shape index (κ2) is 5.42. The van der Waals surface area contributed by atoms with Crippen molar-refractivity contribution in [2.24, 2.45) is 0 Å². The molecule has 5 heteroatoms. The molecule has 0 bridgehead atoms. The van der Waals surface area contributed by atoms with Crippen molar-refractivity contribution in [3.8, 4) is 12.3 Å². The van der Waals surface area contributed by atoms with E-state index in [0.29, 0.717) is 11.3 Å². The fraction of sp³-hybridized carbons (Fsp3) is 0.273. The molecule has 1 N–H and O–H groups in total. The van der Waals surface area contributed by atoms with Crippen molar-refractivity contribution in [1.82, 2.24) is 0 Å². The Morgan fingerprint density at radius 2 is 2.12 bits per heavy atom. The zero-order valence-electron chi connectivity index (χ0n) is 8.34. The highest BCUT2D eigenvalue weighted by atomic mass is 19.4. The number of hydrogen-bond acceptors (Lipinski definition) is 2. The Labute approximate surface area is 91.4 Å². The smallest absolute Gasteiger partial charge is 0.383 e. The zero-order valence-corrected chi connectivity index (χ0v) is 8.34. The lowest BCUT2D eigenvalue weighted by Crippen LogP contribution is -2.19. The van der Waals surface area contributed by atoms with E-state index < -0.39 is 13.0 Å². The molecule has 0 aromatic heterocycles. The highest BCUT2D eigenvalue weighted by molar-refractivity contribution is 5.49. The number of alkyl halides is 3. The standard InChI is InChI=1S/C11H10F3NO/c1-2-9-4-3-5-10(8-9)15-6-7-16-11(12,13)14/h1,3-5,8,15H,6-7H2. The molecule has 2 nitrogen and oxygen atoms in total. The minimum Gasteiger partial charge on any atom is -0.383 e. The van der Waals surface area contributed by atoms with E-state index >= 15 is 0 Å². The van der Waals surface area contributed by atoms with Crippen LogP contribution in [0.4, 0.5) is 18.9 Å². The van der Waals surface area contributed by atoms with Crippen LogP contribution in [0.1, 0.15) is 5.56 Å². The molecule has 0 aliphatic carbocycles. The first-order chi connectivity index (χ1) is 7.51. The van der Waals surface area contributed by atoms with Crippen LogP contribution in [-0.4, -0.2) is 19.5 Å². The molecule has 0 saturated heterocycles. The number of benzene rings is 1. The summed E-state index contributed by atoms with van der Waals surface area (Å²) in [5.74, 6) is 2.43. The summed E-state index contributed by atoms with van der Waals surface area (Å²) in [7, 11) is 0. The molecule has 0 amide bonds. The van der Waals surface area contributed by atoms with Crippen molar-refractivity contribution in [2.45, 2.75) is 6.36 Å². The summed E-state index contributed by atoms with van der Waals surface area (Å²) in [6.07, 6.45) is 0.598. The van der Waals surface area contributed by atoms with Crippen molar-refractivity contribution in [3.63, 3.8) is 0 Å². The van der Waals surface area contributed by atoms with Crippen LogP contribution in [-0.2, 0) is 4.74 Å². The molecule has 0 atom stereocenters. The molecule has 0 heterocycles. The Morgan fingerprint density at radius 3 is 2.75 bits per heavy atom. The minimum atomic E-state index is -4.58. The molecule has 0 unspecified atom stereocenters. The van der Waals surface area contributed by atoms with E-state index in [1.54, 1.807) is 24.3 Å². The molecule has 1 rings (SSSR count). The van der Waals surface area contributed by atoms with Gasteiger partial charge in [-0.05, 0) is 18.2 Å². The second-order valence-electron chi connectivity index (χ2n) is 2.95. The lowest BCUT2D eigenvalue weighted by atomic mass is 10.2. The Hall–Kier alpha value is -1.67. The third-order valence-corrected chi connectivity index (χ3v) is 1.73. The van der Waals surface area contributed by atoms with Crippen LogP contribution in [0.2, 0.25) is 0 Å². The SMILES string of the molecule is C#Cc1cccc(NCCOC(F)(F)F)c1. The molecule has 1 aromatic rings. The molecule has 16 heavy (non-hydrogen) atoms. The van der Waals surface area contributed by atoms with Crippen molar-refractivity contribution in [3.05, 3.63) is 29.8 Å². The lowest BCUT2D eigenvalue weighted by molar-refractivity contribution is -0.322. The predicted octanol–water partition coefficient (Wildman–Crippen LogP) is 2.62. The molecule has 0 aliphatic heterocycles. The molecule has 0 spiro atoms. The number of rotatable bonds is 4. The van der Waals surface area contributed by atoms with Gasteiger partial charge in [-0.25, -0.2) is 0 Å². The summed E-state index contributed by atoms with van der Waals surface area (Å²) < 4.78 is 38.5. The Balaban J connectivity index is 2.35. The van der Waals surface area contributed by atoms with Gasteiger partial charge in [0, 0.05) is 17.8 Å². The first kappa shape index (κ1) is 12.4. The third kappa shape index (κ3) is 4.71. The molecule has 1 aromatic carbocycles. The highest BCUT2D eigenvalue weighted by Gasteiger charge is 2.28. The van der Waals surface area contributed by atoms with Crippen LogP contribution < -0.4 is 5.32 Å². The average Bonchev–Trinajstić information content (AvgIpc) is 2.23. The fourth-order valence-corrected chi connectivity index (χ4v) is 1.08. The van der Waals surface area contributed by atoms with E-state index in [0.717, 1.165) is 0 Å². The van der Waals surface area contributed by atoms with E-state index in [1.807, 2.05) is 0 Å². The monoisotopic (exact) mass is 229 g/mol. The summed E-state index contributed by atoms with van der Waals surface area (Å²) in [5.41, 5.74) is 1.34. The van der Waals surface area contributed by atoms with Gasteiger partial charge in [0.2, 0.25) is 0 Å². The van der Waals surface area contributed by atoms with Gasteiger partial charge >= 0.3 is 6.36 Å². The van der Waals surface area contributed by atoms with Gasteiger partial charge in [-0.3, -0.25) is 4.74 Å². The van der Waals surface area contributed by atoms with Gasteiger partial charge in [0.05, 0.1) is 6.61 Å². The van der Waals surface area contributed by atoms with Gasteiger partial charge in [-0.2, -0.15) is 0 Å². The Bertz CT molecular complexity index is 382. The number of anilines is 1. The molecule has 0 radical (unpaired) electrons. The average molecular weight is 229 g/mol. The quantitative estimate of drug-likeness (QED) is 0.633. The lowest BCUT2D eigenvalue weighted by Gasteiger charge is -2.09. The van der Waals surface area contributed by atoms with Crippen LogP contribution in [0.5, 0.6) is 0 Å². The summed E-state index contributed by atoms with van der Waals surface area (Å²) in [6.45, 7) is -0.378. The molecule has 0 saturated carbocycles. The third-order valence-electron chi connectivity index (χ3n) is 1.73. The van der Waals surface area contributed by atoms with Gasteiger partial charge in [0.25, 0.3) is 0 Å². The van der Waals surface area contributed by atoms with Gasteiger partial charge in [-0.1, -0.05) is 12.0 Å². The van der Waals surface area contributed by atoms with E-state index in [4.69, 9.17) is 6.42 Å². The maximum absolute atomic E-state index is 11.6. The summed E-state index contributed by atoms with van der Waals surface area (Å²) >= 11 is 0. The van der Waals surface area contributed by atoms with Crippen LogP contribution in [0.25, 0.3) is 0 Å². The van der Waals surface area contributed by atoms with Gasteiger partial charge in [0.1, 0.15) is 0 Å². The molecule has 0 fully saturated rings. The second-order valence-corrected chi connectivity index (χ2v) is 2.95. The summed E-state index contributed by atoms with van der Waals surface area (Å²) in [6, 6.07) is 6.85. The summed E-state index contributed by atoms with van der Waals surface area (Å²) in [4.78, 5) is 0. The maximum Gasteiger partial charge on any atom is 0.522 e. The number of terminal acetylenes is 1. The van der Waals surface area contributed by atoms with E-state index in [1.165, 1.54) is 0 Å². The maximum atomic E-state index is 11.6. The molecule has 0 aliphatic rings. The number of nitrogens with one attached hydrogen (secondary N) is 1. The zero-order chi connectivity index (χ0) is 12.0. The number of halogens is 3. The van der Waals surface area contributed by atoms with Gasteiger partial charge in [0.15, 0.2) is 0 Å². The molecular formula is C11H10F3NO. The summed E-state index contributed by atoms with van der Waals surface area (Å²) in [5, 5.41) is 2.77. The van der Waals surface area contributed by atoms with E-state index in [-0.39, 0.29) is 6.54 Å². The topological polar surface area (TPSA) is 21.3 Å². The highest BCUT2D eigenvalue weighted by Crippen LogP contribution is 2.15. The first-order valence-electron chi connectivity index (χ1n) is 4.52. The molecular weight excluding hydrogens is 219 g/mol. The largest absolute Gasteiger partial charge is 0.522 e. The van der Waals surface area contributed by atoms with Gasteiger partial charge < -0.3 is 5.32 Å². The van der Waals surface area contributed by atoms with Crippen LogP contribution >= 0.6 is 0 Å². The van der Waals surface area contributed by atoms with E-state index in [9.17, 15) is 13.2 Å². The van der Waals surface area contributed by atoms with Crippen molar-refractivity contribution >= 4 is 5.69 Å². The van der Waals surface area contributed by atoms with Crippen LogP contribution in [0.3, 0.4) is 0 Å². The Kier molecular flexibility index (Phi) is 4.20. The Morgan fingerprint density at radius 1 is 1.38 bits per heavy atom. The van der Waals surface area contributed by atoms with Crippen molar-refractivity contribution in [1.29, 1.82) is 0 Å². The van der Waals surface area contributed by atoms with Crippen LogP contribution in [0.15, 0.2) is 24.3 Å². The molecule has 86 valence electrons. The van der Waals surface area contributed by atoms with Gasteiger partial charge in [-0.15, -0.1) is 19.6 Å². The van der Waals surface area contributed by atoms with E-state index in [2.05, 4.69) is 16.0 Å². The number of hydrogen-bond donors (Lipinski definition) is 1. The minimum absolute atomic E-state index is 0.0630. The van der Waals surface area contributed by atoms with Crippen LogP contribution in [0, 0.1) is 12.3 Å². The number of ether oxygens (including phenoxy) is 1.